The summed E-state index contributed by atoms with van der Waals surface area (Å²) in [5.74, 6) is 0.113. The van der Waals surface area contributed by atoms with Gasteiger partial charge in [-0.15, -0.1) is 0 Å². The Balaban J connectivity index is 1.56. The van der Waals surface area contributed by atoms with E-state index in [1.807, 2.05) is 60.2 Å². The predicted molar refractivity (Wildman–Crippen MR) is 104 cm³/mol. The lowest BCUT2D eigenvalue weighted by Crippen LogP contribution is -2.64. The van der Waals surface area contributed by atoms with Crippen molar-refractivity contribution >= 4 is 17.5 Å². The molecule has 0 bridgehead atoms. The van der Waals surface area contributed by atoms with Crippen LogP contribution < -0.4 is 4.90 Å². The van der Waals surface area contributed by atoms with Crippen LogP contribution in [0.15, 0.2) is 48.8 Å². The summed E-state index contributed by atoms with van der Waals surface area (Å²) in [5, 5.41) is 0. The molecule has 0 saturated carbocycles. The second kappa shape index (κ2) is 6.78. The van der Waals surface area contributed by atoms with E-state index in [1.165, 1.54) is 0 Å². The number of rotatable bonds is 2. The lowest BCUT2D eigenvalue weighted by atomic mass is 9.92. The number of benzene rings is 1. The maximum absolute atomic E-state index is 12.9. The number of carbonyl (C=O) groups is 2. The first-order chi connectivity index (χ1) is 13.0. The van der Waals surface area contributed by atoms with Crippen molar-refractivity contribution in [1.82, 2.24) is 14.8 Å². The number of pyridine rings is 1. The van der Waals surface area contributed by atoms with E-state index in [4.69, 9.17) is 0 Å². The van der Waals surface area contributed by atoms with Crippen LogP contribution in [0.2, 0.25) is 0 Å². The fourth-order valence-corrected chi connectivity index (χ4v) is 4.13. The number of carbonyl (C=O) groups excluding carboxylic acids is 2. The molecule has 2 amide bonds. The lowest BCUT2D eigenvalue weighted by molar-refractivity contribution is -0.123. The highest BCUT2D eigenvalue weighted by Crippen LogP contribution is 2.33. The first-order valence-corrected chi connectivity index (χ1v) is 9.26. The van der Waals surface area contributed by atoms with Crippen molar-refractivity contribution in [3.05, 3.63) is 59.9 Å². The summed E-state index contributed by atoms with van der Waals surface area (Å²) < 4.78 is 0. The molecule has 1 spiro atoms. The van der Waals surface area contributed by atoms with E-state index in [1.54, 1.807) is 12.4 Å². The van der Waals surface area contributed by atoms with Crippen LogP contribution >= 0.6 is 0 Å². The number of aryl methyl sites for hydroxylation is 1. The second-order valence-electron chi connectivity index (χ2n) is 7.62. The molecule has 1 atom stereocenters. The van der Waals surface area contributed by atoms with Gasteiger partial charge in [0, 0.05) is 37.7 Å². The third-order valence-corrected chi connectivity index (χ3v) is 5.74. The summed E-state index contributed by atoms with van der Waals surface area (Å²) in [6.45, 7) is 4.21. The van der Waals surface area contributed by atoms with Gasteiger partial charge in [0.05, 0.1) is 17.6 Å². The topological polar surface area (TPSA) is 56.8 Å². The van der Waals surface area contributed by atoms with Gasteiger partial charge >= 0.3 is 0 Å². The number of likely N-dealkylation sites (N-methyl/N-ethyl adjacent to an activating group) is 1. The van der Waals surface area contributed by atoms with Gasteiger partial charge in [-0.3, -0.25) is 19.5 Å². The molecule has 0 unspecified atom stereocenters. The second-order valence-corrected chi connectivity index (χ2v) is 7.62. The molecule has 6 heteroatoms. The number of aromatic nitrogens is 1. The van der Waals surface area contributed by atoms with Crippen molar-refractivity contribution in [2.75, 3.05) is 38.1 Å². The number of nitrogens with zero attached hydrogens (tertiary/aromatic N) is 4. The number of likely N-dealkylation sites (tertiary alicyclic amines) is 1. The minimum Gasteiger partial charge on any atom is -0.337 e. The van der Waals surface area contributed by atoms with E-state index in [2.05, 4.69) is 9.88 Å². The molecule has 1 aromatic heterocycles. The van der Waals surface area contributed by atoms with E-state index in [0.717, 1.165) is 17.7 Å². The minimum absolute atomic E-state index is 0.0136. The predicted octanol–water partition coefficient (Wildman–Crippen LogP) is 1.95. The van der Waals surface area contributed by atoms with E-state index in [9.17, 15) is 9.59 Å². The number of para-hydroxylation sites is 1. The number of hydrogen-bond acceptors (Lipinski definition) is 4. The van der Waals surface area contributed by atoms with E-state index in [0.29, 0.717) is 31.7 Å². The Hall–Kier alpha value is -2.73. The van der Waals surface area contributed by atoms with Gasteiger partial charge in [-0.25, -0.2) is 0 Å². The SMILES string of the molecule is Cc1cncc(C(=O)N2CC[C@@]3(C2)CN(c2ccccc2)C(=O)CN3C)c1. The summed E-state index contributed by atoms with van der Waals surface area (Å²) in [4.78, 5) is 35.6. The van der Waals surface area contributed by atoms with Crippen molar-refractivity contribution in [3.63, 3.8) is 0 Å². The zero-order valence-electron chi connectivity index (χ0n) is 15.8. The average molecular weight is 364 g/mol. The average Bonchev–Trinajstić information content (AvgIpc) is 3.10. The monoisotopic (exact) mass is 364 g/mol. The molecule has 2 aliphatic heterocycles. The van der Waals surface area contributed by atoms with Crippen LogP contribution in [0, 0.1) is 6.92 Å². The van der Waals surface area contributed by atoms with Gasteiger partial charge in [0.2, 0.25) is 5.91 Å². The standard InChI is InChI=1S/C21H24N4O2/c1-16-10-17(12-22-11-16)20(27)24-9-8-21(14-24)15-25(19(26)13-23(21)2)18-6-4-3-5-7-18/h3-7,10-12H,8-9,13-15H2,1-2H3/t21-/m1/s1. The van der Waals surface area contributed by atoms with Crippen molar-refractivity contribution in [2.45, 2.75) is 18.9 Å². The highest BCUT2D eigenvalue weighted by Gasteiger charge is 2.48. The molecular weight excluding hydrogens is 340 g/mol. The smallest absolute Gasteiger partial charge is 0.255 e. The maximum atomic E-state index is 12.9. The molecular formula is C21H24N4O2. The quantitative estimate of drug-likeness (QED) is 0.817. The molecule has 0 aliphatic carbocycles. The Morgan fingerprint density at radius 3 is 2.67 bits per heavy atom. The molecule has 2 aliphatic rings. The molecule has 0 N–H and O–H groups in total. The number of piperazine rings is 1. The van der Waals surface area contributed by atoms with Crippen molar-refractivity contribution in [1.29, 1.82) is 0 Å². The summed E-state index contributed by atoms with van der Waals surface area (Å²) in [6.07, 6.45) is 4.23. The first-order valence-electron chi connectivity index (χ1n) is 9.26. The molecule has 27 heavy (non-hydrogen) atoms. The maximum Gasteiger partial charge on any atom is 0.255 e. The van der Waals surface area contributed by atoms with E-state index >= 15 is 0 Å². The van der Waals surface area contributed by atoms with Gasteiger partial charge < -0.3 is 9.80 Å². The first kappa shape index (κ1) is 17.7. The van der Waals surface area contributed by atoms with Crippen molar-refractivity contribution in [3.8, 4) is 0 Å². The zero-order valence-corrected chi connectivity index (χ0v) is 15.8. The molecule has 2 saturated heterocycles. The van der Waals surface area contributed by atoms with Crippen LogP contribution in [0.25, 0.3) is 0 Å². The van der Waals surface area contributed by atoms with Crippen LogP contribution in [0.1, 0.15) is 22.3 Å². The van der Waals surface area contributed by atoms with Gasteiger partial charge in [0.15, 0.2) is 0 Å². The highest BCUT2D eigenvalue weighted by molar-refractivity contribution is 5.96. The molecule has 3 heterocycles. The number of anilines is 1. The van der Waals surface area contributed by atoms with Gasteiger partial charge in [0.25, 0.3) is 5.91 Å². The van der Waals surface area contributed by atoms with E-state index < -0.39 is 0 Å². The fourth-order valence-electron chi connectivity index (χ4n) is 4.13. The zero-order chi connectivity index (χ0) is 19.0. The summed E-state index contributed by atoms with van der Waals surface area (Å²) in [5.41, 5.74) is 2.31. The minimum atomic E-state index is -0.212. The van der Waals surface area contributed by atoms with Crippen LogP contribution in [-0.2, 0) is 4.79 Å². The Labute approximate surface area is 159 Å². The Morgan fingerprint density at radius 2 is 1.93 bits per heavy atom. The Bertz CT molecular complexity index is 869. The van der Waals surface area contributed by atoms with Gasteiger partial charge in [-0.05, 0) is 44.2 Å². The molecule has 140 valence electrons. The highest BCUT2D eigenvalue weighted by atomic mass is 16.2. The largest absolute Gasteiger partial charge is 0.337 e. The van der Waals surface area contributed by atoms with Crippen LogP contribution in [-0.4, -0.2) is 65.4 Å². The van der Waals surface area contributed by atoms with Crippen molar-refractivity contribution < 1.29 is 9.59 Å². The normalized spacial score (nSPS) is 23.3. The number of hydrogen-bond donors (Lipinski definition) is 0. The lowest BCUT2D eigenvalue weighted by Gasteiger charge is -2.46. The molecule has 6 nitrogen and oxygen atoms in total. The third kappa shape index (κ3) is 3.21. The van der Waals surface area contributed by atoms with E-state index in [-0.39, 0.29) is 17.4 Å². The molecule has 4 rings (SSSR count). The van der Waals surface area contributed by atoms with Gasteiger partial charge in [0.1, 0.15) is 0 Å². The Morgan fingerprint density at radius 1 is 1.15 bits per heavy atom. The fraction of sp³-hybridized carbons (Fsp3) is 0.381. The molecule has 1 aromatic carbocycles. The van der Waals surface area contributed by atoms with Crippen LogP contribution in [0.4, 0.5) is 5.69 Å². The van der Waals surface area contributed by atoms with Crippen molar-refractivity contribution in [2.24, 2.45) is 0 Å². The summed E-state index contributed by atoms with van der Waals surface area (Å²) in [7, 11) is 1.99. The van der Waals surface area contributed by atoms with Gasteiger partial charge in [-0.1, -0.05) is 18.2 Å². The van der Waals surface area contributed by atoms with Gasteiger partial charge in [-0.2, -0.15) is 0 Å². The third-order valence-electron chi connectivity index (χ3n) is 5.74. The molecule has 2 aromatic rings. The molecule has 2 fully saturated rings. The molecule has 0 radical (unpaired) electrons. The van der Waals surface area contributed by atoms with Crippen LogP contribution in [0.3, 0.4) is 0 Å². The summed E-state index contributed by atoms with van der Waals surface area (Å²) >= 11 is 0. The summed E-state index contributed by atoms with van der Waals surface area (Å²) in [6, 6.07) is 11.7. The number of amides is 2. The Kier molecular flexibility index (Phi) is 4.44. The van der Waals surface area contributed by atoms with Crippen LogP contribution in [0.5, 0.6) is 0 Å².